The standard InChI is InChI=1S/C12H15F3N4O2/c1-2-5-17-11(20)18-9-4-3-7(12(13,14)15)6-8(9)10(16)19-21/h3-4,6,21H,2,5H2,1H3,(H2,16,19)(H2,17,18,20). The highest BCUT2D eigenvalue weighted by molar-refractivity contribution is 6.05. The Balaban J connectivity index is 3.11. The number of amides is 2. The van der Waals surface area contributed by atoms with Gasteiger partial charge in [-0.15, -0.1) is 0 Å². The lowest BCUT2D eigenvalue weighted by molar-refractivity contribution is -0.137. The fourth-order valence-electron chi connectivity index (χ4n) is 1.50. The lowest BCUT2D eigenvalue weighted by Gasteiger charge is -2.14. The Bertz CT molecular complexity index is 544. The van der Waals surface area contributed by atoms with Gasteiger partial charge in [0, 0.05) is 12.1 Å². The molecule has 0 aliphatic heterocycles. The summed E-state index contributed by atoms with van der Waals surface area (Å²) in [6.45, 7) is 2.26. The van der Waals surface area contributed by atoms with Crippen LogP contribution < -0.4 is 16.4 Å². The zero-order chi connectivity index (χ0) is 16.0. The van der Waals surface area contributed by atoms with E-state index in [4.69, 9.17) is 10.9 Å². The zero-order valence-corrected chi connectivity index (χ0v) is 11.2. The molecule has 116 valence electrons. The number of carbonyl (C=O) groups is 1. The molecule has 6 nitrogen and oxygen atoms in total. The van der Waals surface area contributed by atoms with Crippen LogP contribution >= 0.6 is 0 Å². The molecule has 0 saturated carbocycles. The lowest BCUT2D eigenvalue weighted by Crippen LogP contribution is -2.30. The number of hydrogen-bond donors (Lipinski definition) is 4. The van der Waals surface area contributed by atoms with Crippen molar-refractivity contribution < 1.29 is 23.2 Å². The maximum absolute atomic E-state index is 12.7. The van der Waals surface area contributed by atoms with Crippen LogP contribution in [0.1, 0.15) is 24.5 Å². The maximum atomic E-state index is 12.7. The summed E-state index contributed by atoms with van der Waals surface area (Å²) in [4.78, 5) is 11.5. The summed E-state index contributed by atoms with van der Waals surface area (Å²) in [7, 11) is 0. The van der Waals surface area contributed by atoms with Crippen molar-refractivity contribution in [2.75, 3.05) is 11.9 Å². The molecule has 0 aliphatic rings. The van der Waals surface area contributed by atoms with Gasteiger partial charge in [-0.2, -0.15) is 13.2 Å². The Kier molecular flexibility index (Phi) is 5.39. The second-order valence-electron chi connectivity index (χ2n) is 4.12. The predicted molar refractivity (Wildman–Crippen MR) is 71.3 cm³/mol. The monoisotopic (exact) mass is 304 g/mol. The molecule has 0 spiro atoms. The fraction of sp³-hybridized carbons (Fsp3) is 0.333. The molecule has 21 heavy (non-hydrogen) atoms. The highest BCUT2D eigenvalue weighted by atomic mass is 19.4. The van der Waals surface area contributed by atoms with E-state index in [0.717, 1.165) is 12.1 Å². The fourth-order valence-corrected chi connectivity index (χ4v) is 1.50. The molecule has 0 fully saturated rings. The van der Waals surface area contributed by atoms with E-state index in [2.05, 4.69) is 15.8 Å². The average Bonchev–Trinajstić information content (AvgIpc) is 2.43. The van der Waals surface area contributed by atoms with E-state index in [9.17, 15) is 18.0 Å². The summed E-state index contributed by atoms with van der Waals surface area (Å²) in [6.07, 6.45) is -3.87. The molecule has 0 aliphatic carbocycles. The Hall–Kier alpha value is -2.45. The van der Waals surface area contributed by atoms with Gasteiger partial charge in [0.1, 0.15) is 0 Å². The van der Waals surface area contributed by atoms with Gasteiger partial charge in [0.25, 0.3) is 0 Å². The second-order valence-corrected chi connectivity index (χ2v) is 4.12. The molecule has 1 aromatic rings. The van der Waals surface area contributed by atoms with Crippen molar-refractivity contribution in [1.29, 1.82) is 0 Å². The van der Waals surface area contributed by atoms with Gasteiger partial charge in [0.05, 0.1) is 11.3 Å². The van der Waals surface area contributed by atoms with Crippen molar-refractivity contribution in [3.8, 4) is 0 Å². The summed E-state index contributed by atoms with van der Waals surface area (Å²) in [5, 5.41) is 16.1. The first-order chi connectivity index (χ1) is 9.79. The Morgan fingerprint density at radius 3 is 2.62 bits per heavy atom. The van der Waals surface area contributed by atoms with Crippen LogP contribution in [0.4, 0.5) is 23.7 Å². The number of amidine groups is 1. The number of urea groups is 1. The second kappa shape index (κ2) is 6.82. The van der Waals surface area contributed by atoms with Crippen LogP contribution in [0.15, 0.2) is 23.4 Å². The van der Waals surface area contributed by atoms with Gasteiger partial charge in [0.15, 0.2) is 5.84 Å². The average molecular weight is 304 g/mol. The Morgan fingerprint density at radius 2 is 2.10 bits per heavy atom. The van der Waals surface area contributed by atoms with Gasteiger partial charge in [-0.1, -0.05) is 12.1 Å². The van der Waals surface area contributed by atoms with E-state index in [-0.39, 0.29) is 11.3 Å². The van der Waals surface area contributed by atoms with Crippen LogP contribution in [0.3, 0.4) is 0 Å². The minimum atomic E-state index is -4.58. The molecule has 0 aromatic heterocycles. The molecule has 0 bridgehead atoms. The molecule has 2 amide bonds. The van der Waals surface area contributed by atoms with E-state index in [1.807, 2.05) is 6.92 Å². The van der Waals surface area contributed by atoms with Crippen LogP contribution in [0.2, 0.25) is 0 Å². The number of halogens is 3. The van der Waals surface area contributed by atoms with Crippen molar-refractivity contribution in [1.82, 2.24) is 5.32 Å². The number of oxime groups is 1. The number of carbonyl (C=O) groups excluding carboxylic acids is 1. The molecule has 0 heterocycles. The van der Waals surface area contributed by atoms with Crippen molar-refractivity contribution in [2.24, 2.45) is 10.9 Å². The molecule has 0 saturated heterocycles. The molecule has 5 N–H and O–H groups in total. The maximum Gasteiger partial charge on any atom is 0.416 e. The summed E-state index contributed by atoms with van der Waals surface area (Å²) < 4.78 is 38.0. The third-order valence-corrected chi connectivity index (χ3v) is 2.51. The number of benzene rings is 1. The van der Waals surface area contributed by atoms with Crippen LogP contribution in [0.5, 0.6) is 0 Å². The molecular weight excluding hydrogens is 289 g/mol. The number of nitrogens with two attached hydrogens (primary N) is 1. The van der Waals surface area contributed by atoms with Gasteiger partial charge >= 0.3 is 12.2 Å². The summed E-state index contributed by atoms with van der Waals surface area (Å²) in [5.74, 6) is -0.535. The summed E-state index contributed by atoms with van der Waals surface area (Å²) in [6, 6.07) is 1.94. The first-order valence-corrected chi connectivity index (χ1v) is 6.03. The summed E-state index contributed by atoms with van der Waals surface area (Å²) in [5.41, 5.74) is 4.16. The molecule has 0 radical (unpaired) electrons. The molecule has 0 atom stereocenters. The largest absolute Gasteiger partial charge is 0.416 e. The Morgan fingerprint density at radius 1 is 1.43 bits per heavy atom. The van der Waals surface area contributed by atoms with E-state index in [1.54, 1.807) is 0 Å². The summed E-state index contributed by atoms with van der Waals surface area (Å²) >= 11 is 0. The van der Waals surface area contributed by atoms with Crippen LogP contribution in [-0.4, -0.2) is 23.6 Å². The third kappa shape index (κ3) is 4.55. The van der Waals surface area contributed by atoms with Gasteiger partial charge in [-0.3, -0.25) is 0 Å². The lowest BCUT2D eigenvalue weighted by atomic mass is 10.1. The number of anilines is 1. The number of hydrogen-bond acceptors (Lipinski definition) is 3. The van der Waals surface area contributed by atoms with Crippen LogP contribution in [-0.2, 0) is 6.18 Å². The smallest absolute Gasteiger partial charge is 0.409 e. The van der Waals surface area contributed by atoms with E-state index < -0.39 is 23.6 Å². The van der Waals surface area contributed by atoms with Crippen LogP contribution in [0.25, 0.3) is 0 Å². The molecule has 1 aromatic carbocycles. The molecule has 0 unspecified atom stereocenters. The van der Waals surface area contributed by atoms with Gasteiger partial charge in [-0.25, -0.2) is 4.79 Å². The van der Waals surface area contributed by atoms with Crippen molar-refractivity contribution in [3.63, 3.8) is 0 Å². The Labute approximate surface area is 118 Å². The minimum Gasteiger partial charge on any atom is -0.409 e. The topological polar surface area (TPSA) is 99.7 Å². The van der Waals surface area contributed by atoms with E-state index >= 15 is 0 Å². The highest BCUT2D eigenvalue weighted by Crippen LogP contribution is 2.31. The van der Waals surface area contributed by atoms with E-state index in [1.165, 1.54) is 0 Å². The van der Waals surface area contributed by atoms with Crippen molar-refractivity contribution in [2.45, 2.75) is 19.5 Å². The number of alkyl halides is 3. The highest BCUT2D eigenvalue weighted by Gasteiger charge is 2.31. The predicted octanol–water partition coefficient (Wildman–Crippen LogP) is 2.33. The normalized spacial score (nSPS) is 12.1. The zero-order valence-electron chi connectivity index (χ0n) is 11.2. The molecular formula is C12H15F3N4O2. The van der Waals surface area contributed by atoms with Gasteiger partial charge < -0.3 is 21.6 Å². The minimum absolute atomic E-state index is 0.00639. The first-order valence-electron chi connectivity index (χ1n) is 6.03. The molecule has 1 rings (SSSR count). The number of nitrogens with one attached hydrogen (secondary N) is 2. The third-order valence-electron chi connectivity index (χ3n) is 2.51. The van der Waals surface area contributed by atoms with Gasteiger partial charge in [-0.05, 0) is 24.6 Å². The van der Waals surface area contributed by atoms with Crippen LogP contribution in [0, 0.1) is 0 Å². The first kappa shape index (κ1) is 16.6. The number of nitrogens with zero attached hydrogens (tertiary/aromatic N) is 1. The van der Waals surface area contributed by atoms with E-state index in [0.29, 0.717) is 19.0 Å². The van der Waals surface area contributed by atoms with Crippen molar-refractivity contribution in [3.05, 3.63) is 29.3 Å². The van der Waals surface area contributed by atoms with Gasteiger partial charge in [0.2, 0.25) is 0 Å². The number of rotatable bonds is 4. The molecule has 9 heteroatoms. The SMILES string of the molecule is CCCNC(=O)Nc1ccc(C(F)(F)F)cc1/C(N)=N/O. The quantitative estimate of drug-likeness (QED) is 0.297. The van der Waals surface area contributed by atoms with Crippen molar-refractivity contribution >= 4 is 17.6 Å².